The van der Waals surface area contributed by atoms with Crippen LogP contribution in [-0.4, -0.2) is 17.9 Å². The molecule has 0 unspecified atom stereocenters. The average molecular weight is 230 g/mol. The number of ether oxygens (including phenoxy) is 1. The molecule has 1 heterocycles. The van der Waals surface area contributed by atoms with Gasteiger partial charge in [0.25, 0.3) is 0 Å². The number of Topliss-reactive ketones (excluding diaryl/α,β-unsaturated/α-hetero) is 1. The van der Waals surface area contributed by atoms with Gasteiger partial charge < -0.3 is 4.74 Å². The van der Waals surface area contributed by atoms with Crippen LogP contribution in [0.25, 0.3) is 0 Å². The number of aromatic nitrogens is 1. The van der Waals surface area contributed by atoms with E-state index in [4.69, 9.17) is 4.74 Å². The summed E-state index contributed by atoms with van der Waals surface area (Å²) in [6, 6.07) is 0. The molecule has 0 atom stereocenters. The minimum Gasteiger partial charge on any atom is -0.494 e. The molecule has 1 aromatic heterocycles. The molecule has 1 aromatic rings. The van der Waals surface area contributed by atoms with E-state index in [0.717, 1.165) is 0 Å². The average Bonchev–Trinajstić information content (AvgIpc) is 2.03. The first kappa shape index (κ1) is 9.19. The summed E-state index contributed by atoms with van der Waals surface area (Å²) in [5, 5.41) is 0. The zero-order valence-corrected chi connectivity index (χ0v) is 8.38. The van der Waals surface area contributed by atoms with Crippen LogP contribution >= 0.6 is 15.9 Å². The van der Waals surface area contributed by atoms with Gasteiger partial charge in [0.05, 0.1) is 23.3 Å². The van der Waals surface area contributed by atoms with Crippen molar-refractivity contribution in [3.05, 3.63) is 22.4 Å². The summed E-state index contributed by atoms with van der Waals surface area (Å²) in [5.41, 5.74) is 0.535. The lowest BCUT2D eigenvalue weighted by Crippen LogP contribution is -1.99. The molecule has 0 aliphatic rings. The van der Waals surface area contributed by atoms with Gasteiger partial charge in [0.15, 0.2) is 5.78 Å². The van der Waals surface area contributed by atoms with E-state index in [1.165, 1.54) is 20.2 Å². The zero-order valence-electron chi connectivity index (χ0n) is 6.80. The van der Waals surface area contributed by atoms with Crippen molar-refractivity contribution in [2.45, 2.75) is 6.92 Å². The lowest BCUT2D eigenvalue weighted by atomic mass is 10.2. The maximum Gasteiger partial charge on any atom is 0.164 e. The predicted octanol–water partition coefficient (Wildman–Crippen LogP) is 2.06. The lowest BCUT2D eigenvalue weighted by molar-refractivity contribution is 0.101. The van der Waals surface area contributed by atoms with Gasteiger partial charge in [-0.25, -0.2) is 0 Å². The first-order chi connectivity index (χ1) is 5.66. The number of pyridine rings is 1. The molecule has 0 N–H and O–H groups in total. The minimum absolute atomic E-state index is 0.0406. The Labute approximate surface area is 78.9 Å². The normalized spacial score (nSPS) is 9.58. The van der Waals surface area contributed by atoms with Crippen molar-refractivity contribution in [1.82, 2.24) is 4.98 Å². The Morgan fingerprint density at radius 3 is 2.67 bits per heavy atom. The van der Waals surface area contributed by atoms with Crippen molar-refractivity contribution < 1.29 is 9.53 Å². The number of halogens is 1. The lowest BCUT2D eigenvalue weighted by Gasteiger charge is -2.05. The molecule has 0 amide bonds. The van der Waals surface area contributed by atoms with Gasteiger partial charge in [-0.3, -0.25) is 9.78 Å². The molecule has 0 fully saturated rings. The third-order valence-electron chi connectivity index (χ3n) is 1.44. The summed E-state index contributed by atoms with van der Waals surface area (Å²) in [5.74, 6) is 0.456. The third kappa shape index (κ3) is 1.64. The molecule has 0 spiro atoms. The van der Waals surface area contributed by atoms with Gasteiger partial charge in [0.2, 0.25) is 0 Å². The Balaban J connectivity index is 3.29. The van der Waals surface area contributed by atoms with Crippen molar-refractivity contribution in [3.8, 4) is 5.75 Å². The molecule has 0 saturated heterocycles. The predicted molar refractivity (Wildman–Crippen MR) is 48.5 cm³/mol. The topological polar surface area (TPSA) is 39.2 Å². The molecule has 0 bridgehead atoms. The summed E-state index contributed by atoms with van der Waals surface area (Å²) >= 11 is 3.23. The summed E-state index contributed by atoms with van der Waals surface area (Å²) in [6.45, 7) is 1.49. The van der Waals surface area contributed by atoms with Crippen LogP contribution in [0.4, 0.5) is 0 Å². The zero-order chi connectivity index (χ0) is 9.14. The number of nitrogens with zero attached hydrogens (tertiary/aromatic N) is 1. The molecule has 3 nitrogen and oxygen atoms in total. The van der Waals surface area contributed by atoms with E-state index >= 15 is 0 Å². The number of methoxy groups -OCH3 is 1. The van der Waals surface area contributed by atoms with Crippen LogP contribution in [0.15, 0.2) is 16.9 Å². The maximum absolute atomic E-state index is 11.1. The smallest absolute Gasteiger partial charge is 0.164 e. The summed E-state index contributed by atoms with van der Waals surface area (Å²) in [6.07, 6.45) is 3.08. The highest BCUT2D eigenvalue weighted by atomic mass is 79.9. The molecule has 64 valence electrons. The van der Waals surface area contributed by atoms with Crippen molar-refractivity contribution in [2.75, 3.05) is 7.11 Å². The number of rotatable bonds is 2. The van der Waals surface area contributed by atoms with Crippen molar-refractivity contribution >= 4 is 21.7 Å². The van der Waals surface area contributed by atoms with E-state index in [2.05, 4.69) is 20.9 Å². The standard InChI is InChI=1S/C8H8BrNO2/c1-5(11)8-6(9)3-10-4-7(8)12-2/h3-4H,1-2H3. The van der Waals surface area contributed by atoms with Gasteiger partial charge in [0, 0.05) is 6.20 Å². The van der Waals surface area contributed by atoms with E-state index in [0.29, 0.717) is 15.8 Å². The Kier molecular flexibility index (Phi) is 2.81. The van der Waals surface area contributed by atoms with Crippen molar-refractivity contribution in [1.29, 1.82) is 0 Å². The Hall–Kier alpha value is -0.900. The highest BCUT2D eigenvalue weighted by Gasteiger charge is 2.11. The van der Waals surface area contributed by atoms with Crippen LogP contribution < -0.4 is 4.74 Å². The largest absolute Gasteiger partial charge is 0.494 e. The molecule has 12 heavy (non-hydrogen) atoms. The second kappa shape index (κ2) is 3.67. The van der Waals surface area contributed by atoms with Crippen LogP contribution in [0.5, 0.6) is 5.75 Å². The first-order valence-electron chi connectivity index (χ1n) is 3.35. The van der Waals surface area contributed by atoms with Crippen LogP contribution in [0.1, 0.15) is 17.3 Å². The second-order valence-corrected chi connectivity index (χ2v) is 3.11. The van der Waals surface area contributed by atoms with E-state index < -0.39 is 0 Å². The van der Waals surface area contributed by atoms with Crippen LogP contribution in [0, 0.1) is 0 Å². The quantitative estimate of drug-likeness (QED) is 0.730. The fraction of sp³-hybridized carbons (Fsp3) is 0.250. The van der Waals surface area contributed by atoms with Gasteiger partial charge in [-0.1, -0.05) is 0 Å². The van der Waals surface area contributed by atoms with E-state index in [1.807, 2.05) is 0 Å². The summed E-state index contributed by atoms with van der Waals surface area (Å²) < 4.78 is 5.64. The molecule has 1 rings (SSSR count). The number of ketones is 1. The number of hydrogen-bond donors (Lipinski definition) is 0. The SMILES string of the molecule is COc1cncc(Br)c1C(C)=O. The first-order valence-corrected chi connectivity index (χ1v) is 4.14. The third-order valence-corrected chi connectivity index (χ3v) is 2.04. The molecule has 0 saturated carbocycles. The highest BCUT2D eigenvalue weighted by molar-refractivity contribution is 9.10. The van der Waals surface area contributed by atoms with E-state index in [9.17, 15) is 4.79 Å². The molecular weight excluding hydrogens is 222 g/mol. The van der Waals surface area contributed by atoms with Crippen molar-refractivity contribution in [3.63, 3.8) is 0 Å². The van der Waals surface area contributed by atoms with Gasteiger partial charge in [-0.05, 0) is 22.9 Å². The summed E-state index contributed by atoms with van der Waals surface area (Å²) in [7, 11) is 1.51. The Morgan fingerprint density at radius 2 is 2.25 bits per heavy atom. The van der Waals surface area contributed by atoms with Crippen LogP contribution in [0.2, 0.25) is 0 Å². The second-order valence-electron chi connectivity index (χ2n) is 2.25. The summed E-state index contributed by atoms with van der Waals surface area (Å²) in [4.78, 5) is 15.0. The van der Waals surface area contributed by atoms with Gasteiger partial charge >= 0.3 is 0 Å². The molecule has 0 aromatic carbocycles. The van der Waals surface area contributed by atoms with E-state index in [-0.39, 0.29) is 5.78 Å². The van der Waals surface area contributed by atoms with Crippen LogP contribution in [-0.2, 0) is 0 Å². The molecule has 4 heteroatoms. The molecule has 0 aliphatic heterocycles. The molecular formula is C8H8BrNO2. The highest BCUT2D eigenvalue weighted by Crippen LogP contribution is 2.25. The molecule has 0 radical (unpaired) electrons. The number of carbonyl (C=O) groups excluding carboxylic acids is 1. The van der Waals surface area contributed by atoms with Crippen LogP contribution in [0.3, 0.4) is 0 Å². The van der Waals surface area contributed by atoms with Gasteiger partial charge in [-0.2, -0.15) is 0 Å². The Bertz CT molecular complexity index is 312. The number of hydrogen-bond acceptors (Lipinski definition) is 3. The molecule has 0 aliphatic carbocycles. The van der Waals surface area contributed by atoms with Gasteiger partial charge in [0.1, 0.15) is 5.75 Å². The van der Waals surface area contributed by atoms with Gasteiger partial charge in [-0.15, -0.1) is 0 Å². The maximum atomic E-state index is 11.1. The fourth-order valence-corrected chi connectivity index (χ4v) is 1.51. The van der Waals surface area contributed by atoms with Crippen molar-refractivity contribution in [2.24, 2.45) is 0 Å². The Morgan fingerprint density at radius 1 is 1.58 bits per heavy atom. The van der Waals surface area contributed by atoms with E-state index in [1.54, 1.807) is 6.20 Å². The monoisotopic (exact) mass is 229 g/mol. The number of carbonyl (C=O) groups is 1. The fourth-order valence-electron chi connectivity index (χ4n) is 0.914. The minimum atomic E-state index is -0.0406.